The van der Waals surface area contributed by atoms with Crippen LogP contribution in [0.4, 0.5) is 4.39 Å². The number of carbonyl (C=O) groups excluding carboxylic acids is 2. The smallest absolute Gasteiger partial charge is 0.256 e. The first-order chi connectivity index (χ1) is 13.1. The zero-order chi connectivity index (χ0) is 19.4. The van der Waals surface area contributed by atoms with Crippen molar-refractivity contribution in [3.05, 3.63) is 71.5 Å². The van der Waals surface area contributed by atoms with E-state index in [9.17, 15) is 14.0 Å². The molecule has 3 rings (SSSR count). The number of hydrogen-bond donors (Lipinski definition) is 0. The third-order valence-electron chi connectivity index (χ3n) is 5.33. The van der Waals surface area contributed by atoms with Crippen molar-refractivity contribution in [3.8, 4) is 0 Å². The summed E-state index contributed by atoms with van der Waals surface area (Å²) in [6.45, 7) is 5.90. The average Bonchev–Trinajstić information content (AvgIpc) is 3.15. The molecule has 2 aromatic carbocycles. The number of hydrogen-bond acceptors (Lipinski definition) is 2. The third kappa shape index (κ3) is 3.87. The van der Waals surface area contributed by atoms with Crippen LogP contribution in [-0.2, 0) is 4.79 Å². The monoisotopic (exact) mass is 368 g/mol. The fraction of sp³-hybridized carbons (Fsp3) is 0.364. The predicted octanol–water partition coefficient (Wildman–Crippen LogP) is 3.55. The van der Waals surface area contributed by atoms with Crippen molar-refractivity contribution in [2.45, 2.75) is 19.8 Å². The number of carbonyl (C=O) groups is 2. The van der Waals surface area contributed by atoms with E-state index in [4.69, 9.17) is 0 Å². The van der Waals surface area contributed by atoms with Gasteiger partial charge >= 0.3 is 0 Å². The molecule has 0 radical (unpaired) electrons. The quantitative estimate of drug-likeness (QED) is 0.810. The first kappa shape index (κ1) is 19.1. The van der Waals surface area contributed by atoms with E-state index in [1.54, 1.807) is 21.9 Å². The molecule has 4 nitrogen and oxygen atoms in total. The molecule has 2 atom stereocenters. The number of nitrogens with zero attached hydrogens (tertiary/aromatic N) is 2. The van der Waals surface area contributed by atoms with Crippen molar-refractivity contribution >= 4 is 11.8 Å². The minimum Gasteiger partial charge on any atom is -0.343 e. The van der Waals surface area contributed by atoms with E-state index in [0.717, 1.165) is 5.56 Å². The minimum absolute atomic E-state index is 0.0534. The van der Waals surface area contributed by atoms with Gasteiger partial charge in [0.15, 0.2) is 0 Å². The largest absolute Gasteiger partial charge is 0.343 e. The lowest BCUT2D eigenvalue weighted by molar-refractivity contribution is -0.135. The third-order valence-corrected chi connectivity index (χ3v) is 5.33. The number of rotatable bonds is 5. The first-order valence-corrected chi connectivity index (χ1v) is 9.44. The first-order valence-electron chi connectivity index (χ1n) is 9.44. The van der Waals surface area contributed by atoms with Gasteiger partial charge in [-0.2, -0.15) is 0 Å². The second kappa shape index (κ2) is 8.33. The Morgan fingerprint density at radius 2 is 1.63 bits per heavy atom. The van der Waals surface area contributed by atoms with Crippen LogP contribution in [0.2, 0.25) is 0 Å². The highest BCUT2D eigenvalue weighted by Gasteiger charge is 2.42. The van der Waals surface area contributed by atoms with E-state index < -0.39 is 5.82 Å². The van der Waals surface area contributed by atoms with Crippen molar-refractivity contribution in [1.82, 2.24) is 9.80 Å². The van der Waals surface area contributed by atoms with Gasteiger partial charge in [0.05, 0.1) is 11.5 Å². The molecule has 0 saturated carbocycles. The summed E-state index contributed by atoms with van der Waals surface area (Å²) in [6, 6.07) is 15.8. The Hall–Kier alpha value is -2.69. The molecule has 0 aliphatic carbocycles. The molecule has 1 aliphatic heterocycles. The van der Waals surface area contributed by atoms with Gasteiger partial charge in [0.2, 0.25) is 5.91 Å². The summed E-state index contributed by atoms with van der Waals surface area (Å²) in [7, 11) is 0. The lowest BCUT2D eigenvalue weighted by Gasteiger charge is -2.25. The van der Waals surface area contributed by atoms with Crippen molar-refractivity contribution in [2.75, 3.05) is 26.2 Å². The van der Waals surface area contributed by atoms with Crippen molar-refractivity contribution in [3.63, 3.8) is 0 Å². The topological polar surface area (TPSA) is 40.6 Å². The molecule has 1 fully saturated rings. The molecule has 0 aromatic heterocycles. The Balaban J connectivity index is 1.90. The second-order valence-electron chi connectivity index (χ2n) is 6.82. The summed E-state index contributed by atoms with van der Waals surface area (Å²) in [5.74, 6) is -1.24. The van der Waals surface area contributed by atoms with Gasteiger partial charge in [-0.25, -0.2) is 4.39 Å². The molecule has 1 saturated heterocycles. The molecule has 0 spiro atoms. The SMILES string of the molecule is CCN(CC)C(=O)[C@H]1CN(C(=O)c2ccccc2F)C[C@H]1c1ccccc1. The van der Waals surface area contributed by atoms with Gasteiger partial charge in [-0.05, 0) is 31.5 Å². The minimum atomic E-state index is -0.530. The van der Waals surface area contributed by atoms with Crippen molar-refractivity contribution in [2.24, 2.45) is 5.92 Å². The van der Waals surface area contributed by atoms with Crippen LogP contribution in [0.25, 0.3) is 0 Å². The van der Waals surface area contributed by atoms with E-state index in [1.165, 1.54) is 12.1 Å². The Morgan fingerprint density at radius 3 is 2.26 bits per heavy atom. The normalized spacial score (nSPS) is 19.1. The second-order valence-corrected chi connectivity index (χ2v) is 6.82. The van der Waals surface area contributed by atoms with Gasteiger partial charge in [0, 0.05) is 32.1 Å². The predicted molar refractivity (Wildman–Crippen MR) is 103 cm³/mol. The molecule has 2 amide bonds. The summed E-state index contributed by atoms with van der Waals surface area (Å²) in [4.78, 5) is 29.4. The van der Waals surface area contributed by atoms with Crippen LogP contribution < -0.4 is 0 Å². The lowest BCUT2D eigenvalue weighted by atomic mass is 9.88. The van der Waals surface area contributed by atoms with Crippen LogP contribution in [-0.4, -0.2) is 47.8 Å². The lowest BCUT2D eigenvalue weighted by Crippen LogP contribution is -2.39. The van der Waals surface area contributed by atoms with Crippen LogP contribution in [0.15, 0.2) is 54.6 Å². The molecule has 5 heteroatoms. The van der Waals surface area contributed by atoms with Gasteiger partial charge in [0.25, 0.3) is 5.91 Å². The van der Waals surface area contributed by atoms with Crippen LogP contribution in [0.5, 0.6) is 0 Å². The van der Waals surface area contributed by atoms with E-state index >= 15 is 0 Å². The van der Waals surface area contributed by atoms with Crippen molar-refractivity contribution < 1.29 is 14.0 Å². The summed E-state index contributed by atoms with van der Waals surface area (Å²) in [5.41, 5.74) is 1.09. The number of halogens is 1. The molecule has 142 valence electrons. The van der Waals surface area contributed by atoms with Gasteiger partial charge in [-0.15, -0.1) is 0 Å². The molecule has 1 heterocycles. The number of likely N-dealkylation sites (tertiary alicyclic amines) is 1. The van der Waals surface area contributed by atoms with Gasteiger partial charge in [-0.1, -0.05) is 42.5 Å². The Bertz CT molecular complexity index is 805. The molecular formula is C22H25FN2O2. The van der Waals surface area contributed by atoms with Gasteiger partial charge in [-0.3, -0.25) is 9.59 Å². The van der Waals surface area contributed by atoms with E-state index in [2.05, 4.69) is 0 Å². The van der Waals surface area contributed by atoms with Crippen molar-refractivity contribution in [1.29, 1.82) is 0 Å². The van der Waals surface area contributed by atoms with Crippen LogP contribution in [0.1, 0.15) is 35.7 Å². The standard InChI is InChI=1S/C22H25FN2O2/c1-3-24(4-2)22(27)19-15-25(14-18(19)16-10-6-5-7-11-16)21(26)17-12-8-9-13-20(17)23/h5-13,18-19H,3-4,14-15H2,1-2H3/t18-,19-/m0/s1. The number of benzene rings is 2. The molecule has 2 aromatic rings. The van der Waals surface area contributed by atoms with E-state index in [0.29, 0.717) is 26.2 Å². The highest BCUT2D eigenvalue weighted by Crippen LogP contribution is 2.35. The maximum absolute atomic E-state index is 14.1. The molecule has 1 aliphatic rings. The maximum Gasteiger partial charge on any atom is 0.256 e. The fourth-order valence-corrected chi connectivity index (χ4v) is 3.83. The van der Waals surface area contributed by atoms with E-state index in [-0.39, 0.29) is 29.2 Å². The molecular weight excluding hydrogens is 343 g/mol. The highest BCUT2D eigenvalue weighted by atomic mass is 19.1. The molecule has 0 bridgehead atoms. The summed E-state index contributed by atoms with van der Waals surface area (Å²) >= 11 is 0. The Kier molecular flexibility index (Phi) is 5.89. The Labute approximate surface area is 159 Å². The zero-order valence-corrected chi connectivity index (χ0v) is 15.8. The number of amides is 2. The maximum atomic E-state index is 14.1. The summed E-state index contributed by atoms with van der Waals surface area (Å²) in [6.07, 6.45) is 0. The molecule has 0 unspecified atom stereocenters. The van der Waals surface area contributed by atoms with Crippen LogP contribution in [0, 0.1) is 11.7 Å². The summed E-state index contributed by atoms with van der Waals surface area (Å²) < 4.78 is 14.1. The van der Waals surface area contributed by atoms with Crippen LogP contribution >= 0.6 is 0 Å². The fourth-order valence-electron chi connectivity index (χ4n) is 3.83. The van der Waals surface area contributed by atoms with E-state index in [1.807, 2.05) is 44.2 Å². The van der Waals surface area contributed by atoms with Gasteiger partial charge < -0.3 is 9.80 Å². The Morgan fingerprint density at radius 1 is 1.00 bits per heavy atom. The summed E-state index contributed by atoms with van der Waals surface area (Å²) in [5, 5.41) is 0. The van der Waals surface area contributed by atoms with Crippen LogP contribution in [0.3, 0.4) is 0 Å². The molecule has 0 N–H and O–H groups in total. The molecule has 27 heavy (non-hydrogen) atoms. The zero-order valence-electron chi connectivity index (χ0n) is 15.8. The average molecular weight is 368 g/mol. The van der Waals surface area contributed by atoms with Gasteiger partial charge in [0.1, 0.15) is 5.82 Å². The highest BCUT2D eigenvalue weighted by molar-refractivity contribution is 5.95.